The number of carbonyl (C=O) groups excluding carboxylic acids is 1. The minimum Gasteiger partial charge on any atom is -0.341 e. The molecule has 0 spiro atoms. The van der Waals surface area contributed by atoms with E-state index in [2.05, 4.69) is 0 Å². The average molecular weight is 353 g/mol. The molecule has 1 aliphatic rings. The summed E-state index contributed by atoms with van der Waals surface area (Å²) in [7, 11) is -3.56. The van der Waals surface area contributed by atoms with Gasteiger partial charge in [-0.2, -0.15) is 0 Å². The van der Waals surface area contributed by atoms with Crippen molar-refractivity contribution in [3.8, 4) is 0 Å². The Morgan fingerprint density at radius 3 is 2.00 bits per heavy atom. The van der Waals surface area contributed by atoms with Gasteiger partial charge < -0.3 is 4.90 Å². The van der Waals surface area contributed by atoms with Gasteiger partial charge in [-0.3, -0.25) is 9.10 Å². The SMILES string of the molecule is Cc1cc(C)cc(N([C@H](C)C(=O)N2CCCCCC2)S(C)(=O)=O)c1. The second kappa shape index (κ2) is 7.55. The molecule has 2 rings (SSSR count). The molecule has 0 N–H and O–H groups in total. The van der Waals surface area contributed by atoms with Crippen LogP contribution in [0.2, 0.25) is 0 Å². The van der Waals surface area contributed by atoms with E-state index in [4.69, 9.17) is 0 Å². The zero-order valence-electron chi connectivity index (χ0n) is 15.1. The Kier molecular flexibility index (Phi) is 5.91. The van der Waals surface area contributed by atoms with E-state index in [1.54, 1.807) is 6.92 Å². The lowest BCUT2D eigenvalue weighted by molar-refractivity contribution is -0.131. The first-order valence-corrected chi connectivity index (χ1v) is 10.4. The van der Waals surface area contributed by atoms with Crippen LogP contribution in [0.25, 0.3) is 0 Å². The van der Waals surface area contributed by atoms with Crippen molar-refractivity contribution in [2.24, 2.45) is 0 Å². The Labute approximate surface area is 145 Å². The third-order valence-corrected chi connectivity index (χ3v) is 5.69. The van der Waals surface area contributed by atoms with E-state index < -0.39 is 16.1 Å². The molecule has 0 aliphatic carbocycles. The van der Waals surface area contributed by atoms with Gasteiger partial charge in [0.15, 0.2) is 0 Å². The summed E-state index contributed by atoms with van der Waals surface area (Å²) < 4.78 is 26.1. The quantitative estimate of drug-likeness (QED) is 0.837. The molecule has 0 aromatic heterocycles. The number of nitrogens with zero attached hydrogens (tertiary/aromatic N) is 2. The lowest BCUT2D eigenvalue weighted by atomic mass is 10.1. The Bertz CT molecular complexity index is 672. The smallest absolute Gasteiger partial charge is 0.246 e. The Morgan fingerprint density at radius 1 is 1.04 bits per heavy atom. The first-order valence-electron chi connectivity index (χ1n) is 8.56. The van der Waals surface area contributed by atoms with Gasteiger partial charge in [-0.05, 0) is 56.9 Å². The normalized spacial score (nSPS) is 17.2. The molecule has 1 aromatic carbocycles. The molecule has 0 radical (unpaired) electrons. The highest BCUT2D eigenvalue weighted by Crippen LogP contribution is 2.25. The van der Waals surface area contributed by atoms with Gasteiger partial charge in [0.05, 0.1) is 11.9 Å². The van der Waals surface area contributed by atoms with Crippen LogP contribution in [0.15, 0.2) is 18.2 Å². The Hall–Kier alpha value is -1.56. The largest absolute Gasteiger partial charge is 0.341 e. The number of sulfonamides is 1. The molecule has 0 bridgehead atoms. The molecular weight excluding hydrogens is 324 g/mol. The highest BCUT2D eigenvalue weighted by atomic mass is 32.2. The van der Waals surface area contributed by atoms with E-state index in [1.165, 1.54) is 4.31 Å². The molecule has 0 saturated carbocycles. The lowest BCUT2D eigenvalue weighted by Crippen LogP contribution is -2.49. The highest BCUT2D eigenvalue weighted by molar-refractivity contribution is 7.92. The number of carbonyl (C=O) groups is 1. The van der Waals surface area contributed by atoms with Crippen molar-refractivity contribution in [2.75, 3.05) is 23.7 Å². The molecule has 5 nitrogen and oxygen atoms in total. The van der Waals surface area contributed by atoms with E-state index in [1.807, 2.05) is 36.9 Å². The molecule has 1 aliphatic heterocycles. The molecule has 0 unspecified atom stereocenters. The maximum Gasteiger partial charge on any atom is 0.246 e. The van der Waals surface area contributed by atoms with Crippen LogP contribution < -0.4 is 4.31 Å². The number of benzene rings is 1. The summed E-state index contributed by atoms with van der Waals surface area (Å²) in [6.07, 6.45) is 5.40. The molecule has 1 heterocycles. The van der Waals surface area contributed by atoms with Gasteiger partial charge in [0.25, 0.3) is 0 Å². The third-order valence-electron chi connectivity index (χ3n) is 4.45. The van der Waals surface area contributed by atoms with Crippen molar-refractivity contribution in [1.82, 2.24) is 4.90 Å². The van der Waals surface area contributed by atoms with Gasteiger partial charge in [0.1, 0.15) is 6.04 Å². The van der Waals surface area contributed by atoms with Crippen LogP contribution in [0.4, 0.5) is 5.69 Å². The number of aryl methyl sites for hydroxylation is 2. The number of hydrogen-bond acceptors (Lipinski definition) is 3. The van der Waals surface area contributed by atoms with E-state index in [-0.39, 0.29) is 5.91 Å². The summed E-state index contributed by atoms with van der Waals surface area (Å²) in [6.45, 7) is 6.98. The molecule has 1 fully saturated rings. The van der Waals surface area contributed by atoms with Gasteiger partial charge in [-0.25, -0.2) is 8.42 Å². The maximum absolute atomic E-state index is 12.9. The maximum atomic E-state index is 12.9. The predicted molar refractivity (Wildman–Crippen MR) is 97.7 cm³/mol. The van der Waals surface area contributed by atoms with Crippen LogP contribution in [0.5, 0.6) is 0 Å². The highest BCUT2D eigenvalue weighted by Gasteiger charge is 2.32. The summed E-state index contributed by atoms with van der Waals surface area (Å²) in [5.41, 5.74) is 2.52. The van der Waals surface area contributed by atoms with E-state index in [0.717, 1.165) is 43.1 Å². The molecule has 134 valence electrons. The van der Waals surface area contributed by atoms with E-state index in [9.17, 15) is 13.2 Å². The molecule has 1 amide bonds. The van der Waals surface area contributed by atoms with E-state index >= 15 is 0 Å². The van der Waals surface area contributed by atoms with Gasteiger partial charge >= 0.3 is 0 Å². The fourth-order valence-electron chi connectivity index (χ4n) is 3.44. The van der Waals surface area contributed by atoms with Crippen molar-refractivity contribution < 1.29 is 13.2 Å². The minimum atomic E-state index is -3.56. The van der Waals surface area contributed by atoms with Crippen LogP contribution in [0.1, 0.15) is 43.7 Å². The first-order chi connectivity index (χ1) is 11.2. The van der Waals surface area contributed by atoms with Crippen molar-refractivity contribution in [3.05, 3.63) is 29.3 Å². The minimum absolute atomic E-state index is 0.110. The lowest BCUT2D eigenvalue weighted by Gasteiger charge is -2.32. The van der Waals surface area contributed by atoms with Crippen molar-refractivity contribution in [1.29, 1.82) is 0 Å². The number of rotatable bonds is 4. The van der Waals surface area contributed by atoms with Gasteiger partial charge in [-0.15, -0.1) is 0 Å². The summed E-state index contributed by atoms with van der Waals surface area (Å²) in [6, 6.07) is 4.89. The van der Waals surface area contributed by atoms with Crippen LogP contribution in [-0.4, -0.2) is 44.6 Å². The zero-order chi connectivity index (χ0) is 17.9. The Balaban J connectivity index is 2.35. The fourth-order valence-corrected chi connectivity index (χ4v) is 4.59. The molecule has 1 saturated heterocycles. The van der Waals surface area contributed by atoms with Gasteiger partial charge in [-0.1, -0.05) is 18.9 Å². The molecule has 24 heavy (non-hydrogen) atoms. The van der Waals surface area contributed by atoms with Crippen LogP contribution in [0.3, 0.4) is 0 Å². The topological polar surface area (TPSA) is 57.7 Å². The second-order valence-corrected chi connectivity index (χ2v) is 8.68. The summed E-state index contributed by atoms with van der Waals surface area (Å²) in [4.78, 5) is 14.7. The monoisotopic (exact) mass is 352 g/mol. The number of hydrogen-bond donors (Lipinski definition) is 0. The number of amides is 1. The van der Waals surface area contributed by atoms with Crippen molar-refractivity contribution in [3.63, 3.8) is 0 Å². The zero-order valence-corrected chi connectivity index (χ0v) is 15.9. The number of anilines is 1. The van der Waals surface area contributed by atoms with Crippen molar-refractivity contribution in [2.45, 2.75) is 52.5 Å². The standard InChI is InChI=1S/C18H28N2O3S/c1-14-11-15(2)13-17(12-14)20(24(4,22)23)16(3)18(21)19-9-7-5-6-8-10-19/h11-13,16H,5-10H2,1-4H3/t16-/m1/s1. The van der Waals surface area contributed by atoms with Crippen LogP contribution in [-0.2, 0) is 14.8 Å². The Morgan fingerprint density at radius 2 is 1.54 bits per heavy atom. The first kappa shape index (κ1) is 18.8. The van der Waals surface area contributed by atoms with Crippen molar-refractivity contribution >= 4 is 21.6 Å². The molecule has 6 heteroatoms. The predicted octanol–water partition coefficient (Wildman–Crippen LogP) is 2.86. The van der Waals surface area contributed by atoms with Crippen LogP contribution in [0, 0.1) is 13.8 Å². The van der Waals surface area contributed by atoms with Gasteiger partial charge in [0, 0.05) is 13.1 Å². The second-order valence-electron chi connectivity index (χ2n) is 6.82. The molecular formula is C18H28N2O3S. The average Bonchev–Trinajstić information content (AvgIpc) is 2.72. The summed E-state index contributed by atoms with van der Waals surface area (Å²) in [5, 5.41) is 0. The molecule has 1 aromatic rings. The summed E-state index contributed by atoms with van der Waals surface area (Å²) >= 11 is 0. The third kappa shape index (κ3) is 4.50. The van der Waals surface area contributed by atoms with E-state index in [0.29, 0.717) is 18.8 Å². The number of likely N-dealkylation sites (tertiary alicyclic amines) is 1. The van der Waals surface area contributed by atoms with Crippen LogP contribution >= 0.6 is 0 Å². The fraction of sp³-hybridized carbons (Fsp3) is 0.611. The molecule has 1 atom stereocenters. The summed E-state index contributed by atoms with van der Waals surface area (Å²) in [5.74, 6) is -0.110. The van der Waals surface area contributed by atoms with Gasteiger partial charge in [0.2, 0.25) is 15.9 Å².